The number of likely N-dealkylation sites (N-methyl/N-ethyl adjacent to an activating group) is 1. The molecule has 0 N–H and O–H groups in total. The van der Waals surface area contributed by atoms with Crippen LogP contribution in [0.4, 0.5) is 5.69 Å². The molecule has 0 saturated carbocycles. The van der Waals surface area contributed by atoms with Gasteiger partial charge < -0.3 is 4.90 Å². The zero-order chi connectivity index (χ0) is 14.8. The average Bonchev–Trinajstić information content (AvgIpc) is 2.65. The first-order chi connectivity index (χ1) is 10.2. The van der Waals surface area contributed by atoms with Crippen LogP contribution in [0.1, 0.15) is 30.5 Å². The molecular weight excluding hydrogens is 280 g/mol. The fraction of sp³-hybridized carbons (Fsp3) is 0.278. The Hall–Kier alpha value is -1.80. The highest BCUT2D eigenvalue weighted by Crippen LogP contribution is 2.34. The van der Waals surface area contributed by atoms with E-state index in [-0.39, 0.29) is 0 Å². The number of rotatable bonds is 2. The van der Waals surface area contributed by atoms with Crippen molar-refractivity contribution in [2.45, 2.75) is 25.8 Å². The van der Waals surface area contributed by atoms with Gasteiger partial charge in [-0.25, -0.2) is 4.99 Å². The topological polar surface area (TPSA) is 15.6 Å². The van der Waals surface area contributed by atoms with Gasteiger partial charge in [0.25, 0.3) is 0 Å². The summed E-state index contributed by atoms with van der Waals surface area (Å²) in [5.74, 6) is 1.12. The third-order valence-corrected chi connectivity index (χ3v) is 4.31. The lowest BCUT2D eigenvalue weighted by Gasteiger charge is -2.29. The van der Waals surface area contributed by atoms with E-state index >= 15 is 0 Å². The zero-order valence-corrected chi connectivity index (χ0v) is 13.1. The minimum Gasteiger partial charge on any atom is -0.356 e. The smallest absolute Gasteiger partial charge is 0.105 e. The minimum absolute atomic E-state index is 0.296. The molecule has 3 heteroatoms. The van der Waals surface area contributed by atoms with Gasteiger partial charge in [0.1, 0.15) is 5.84 Å². The van der Waals surface area contributed by atoms with Crippen LogP contribution in [-0.2, 0) is 6.42 Å². The first kappa shape index (κ1) is 14.2. The molecule has 2 nitrogen and oxygen atoms in total. The second-order valence-corrected chi connectivity index (χ2v) is 5.83. The maximum atomic E-state index is 6.17. The number of aliphatic imine (C=N–C) groups is 1. The van der Waals surface area contributed by atoms with E-state index in [1.54, 1.807) is 0 Å². The van der Waals surface area contributed by atoms with E-state index in [0.717, 1.165) is 29.4 Å². The lowest BCUT2D eigenvalue weighted by Crippen LogP contribution is -2.30. The third-order valence-electron chi connectivity index (χ3n) is 4.08. The summed E-state index contributed by atoms with van der Waals surface area (Å²) in [6.07, 6.45) is 1.84. The molecule has 0 spiro atoms. The fourth-order valence-corrected chi connectivity index (χ4v) is 3.11. The molecule has 1 atom stereocenters. The normalized spacial score (nSPS) is 18.0. The zero-order valence-electron chi connectivity index (χ0n) is 12.4. The lowest BCUT2D eigenvalue weighted by atomic mass is 9.97. The highest BCUT2D eigenvalue weighted by atomic mass is 35.5. The molecule has 0 saturated heterocycles. The molecule has 0 fully saturated rings. The van der Waals surface area contributed by atoms with Crippen molar-refractivity contribution in [3.63, 3.8) is 0 Å². The molecule has 2 aromatic carbocycles. The fourth-order valence-electron chi connectivity index (χ4n) is 2.91. The molecule has 2 aromatic rings. The van der Waals surface area contributed by atoms with E-state index in [1.807, 2.05) is 18.2 Å². The summed E-state index contributed by atoms with van der Waals surface area (Å²) >= 11 is 6.17. The van der Waals surface area contributed by atoms with Crippen LogP contribution in [0.5, 0.6) is 0 Å². The van der Waals surface area contributed by atoms with Gasteiger partial charge in [-0.1, -0.05) is 48.9 Å². The van der Waals surface area contributed by atoms with Crippen molar-refractivity contribution in [3.8, 4) is 0 Å². The Balaban J connectivity index is 2.09. The number of hydrogen-bond acceptors (Lipinski definition) is 2. The van der Waals surface area contributed by atoms with Crippen LogP contribution in [0.3, 0.4) is 0 Å². The van der Waals surface area contributed by atoms with Crippen molar-refractivity contribution < 1.29 is 0 Å². The van der Waals surface area contributed by atoms with Gasteiger partial charge in [-0.2, -0.15) is 0 Å². The molecule has 0 aromatic heterocycles. The Morgan fingerprint density at radius 2 is 1.95 bits per heavy atom. The molecule has 1 unspecified atom stereocenters. The van der Waals surface area contributed by atoms with Crippen molar-refractivity contribution in [2.24, 2.45) is 4.99 Å². The highest BCUT2D eigenvalue weighted by molar-refractivity contribution is 6.30. The van der Waals surface area contributed by atoms with Gasteiger partial charge in [0, 0.05) is 18.5 Å². The van der Waals surface area contributed by atoms with Crippen LogP contribution in [-0.4, -0.2) is 17.8 Å². The van der Waals surface area contributed by atoms with Crippen LogP contribution in [0.2, 0.25) is 5.02 Å². The van der Waals surface area contributed by atoms with E-state index in [1.165, 1.54) is 11.1 Å². The van der Waals surface area contributed by atoms with Gasteiger partial charge in [-0.3, -0.25) is 0 Å². The maximum Gasteiger partial charge on any atom is 0.105 e. The first-order valence-electron chi connectivity index (χ1n) is 7.33. The monoisotopic (exact) mass is 298 g/mol. The van der Waals surface area contributed by atoms with E-state index in [2.05, 4.69) is 49.2 Å². The van der Waals surface area contributed by atoms with E-state index in [9.17, 15) is 0 Å². The number of hydrogen-bond donors (Lipinski definition) is 0. The molecule has 108 valence electrons. The van der Waals surface area contributed by atoms with Crippen molar-refractivity contribution in [2.75, 3.05) is 7.05 Å². The van der Waals surface area contributed by atoms with Crippen molar-refractivity contribution >= 4 is 23.1 Å². The Kier molecular flexibility index (Phi) is 3.98. The largest absolute Gasteiger partial charge is 0.356 e. The minimum atomic E-state index is 0.296. The summed E-state index contributed by atoms with van der Waals surface area (Å²) in [4.78, 5) is 7.13. The molecule has 1 aliphatic heterocycles. The van der Waals surface area contributed by atoms with Gasteiger partial charge >= 0.3 is 0 Å². The SMILES string of the molecule is CCC1=Nc2ccc(Cl)cc2CC(c2ccccc2)N1C. The molecule has 3 rings (SSSR count). The average molecular weight is 299 g/mol. The molecule has 0 amide bonds. The van der Waals surface area contributed by atoms with Crippen LogP contribution in [0.25, 0.3) is 0 Å². The summed E-state index contributed by atoms with van der Waals surface area (Å²) < 4.78 is 0. The van der Waals surface area contributed by atoms with Crippen molar-refractivity contribution in [3.05, 3.63) is 64.7 Å². The number of amidine groups is 1. The Morgan fingerprint density at radius 1 is 1.19 bits per heavy atom. The molecule has 21 heavy (non-hydrogen) atoms. The predicted molar refractivity (Wildman–Crippen MR) is 89.5 cm³/mol. The van der Waals surface area contributed by atoms with Gasteiger partial charge in [-0.15, -0.1) is 0 Å². The van der Waals surface area contributed by atoms with Crippen LogP contribution in [0.15, 0.2) is 53.5 Å². The molecule has 0 radical (unpaired) electrons. The van der Waals surface area contributed by atoms with Gasteiger partial charge in [-0.05, 0) is 35.7 Å². The van der Waals surface area contributed by atoms with Crippen LogP contribution >= 0.6 is 11.6 Å². The van der Waals surface area contributed by atoms with E-state index in [4.69, 9.17) is 16.6 Å². The van der Waals surface area contributed by atoms with Crippen LogP contribution < -0.4 is 0 Å². The highest BCUT2D eigenvalue weighted by Gasteiger charge is 2.24. The standard InChI is InChI=1S/C18H19ClN2/c1-3-18-20-16-10-9-15(19)11-14(16)12-17(21(18)2)13-7-5-4-6-8-13/h4-11,17H,3,12H2,1-2H3. The van der Waals surface area contributed by atoms with Gasteiger partial charge in [0.15, 0.2) is 0 Å². The van der Waals surface area contributed by atoms with Crippen molar-refractivity contribution in [1.29, 1.82) is 0 Å². The summed E-state index contributed by atoms with van der Waals surface area (Å²) in [5, 5.41) is 0.776. The predicted octanol–water partition coefficient (Wildman–Crippen LogP) is 5.01. The molecule has 1 aliphatic rings. The molecule has 0 bridgehead atoms. The summed E-state index contributed by atoms with van der Waals surface area (Å²) in [6.45, 7) is 2.15. The quantitative estimate of drug-likeness (QED) is 0.761. The van der Waals surface area contributed by atoms with E-state index in [0.29, 0.717) is 6.04 Å². The Morgan fingerprint density at radius 3 is 2.67 bits per heavy atom. The third kappa shape index (κ3) is 2.81. The number of fused-ring (bicyclic) bond motifs is 1. The van der Waals surface area contributed by atoms with E-state index < -0.39 is 0 Å². The first-order valence-corrected chi connectivity index (χ1v) is 7.70. The second-order valence-electron chi connectivity index (χ2n) is 5.40. The summed E-state index contributed by atoms with van der Waals surface area (Å²) in [6, 6.07) is 16.9. The Bertz CT molecular complexity index is 664. The molecular formula is C18H19ClN2. The lowest BCUT2D eigenvalue weighted by molar-refractivity contribution is 0.370. The molecule has 1 heterocycles. The van der Waals surface area contributed by atoms with Gasteiger partial charge in [0.2, 0.25) is 0 Å². The number of halogens is 1. The molecule has 0 aliphatic carbocycles. The summed E-state index contributed by atoms with van der Waals surface area (Å²) in [7, 11) is 2.13. The second kappa shape index (κ2) is 5.90. The maximum absolute atomic E-state index is 6.17. The van der Waals surface area contributed by atoms with Gasteiger partial charge in [0.05, 0.1) is 11.7 Å². The Labute approximate surface area is 131 Å². The number of nitrogens with zero attached hydrogens (tertiary/aromatic N) is 2. The van der Waals surface area contributed by atoms with Crippen LogP contribution in [0, 0.1) is 0 Å². The number of benzene rings is 2. The van der Waals surface area contributed by atoms with Crippen molar-refractivity contribution in [1.82, 2.24) is 4.90 Å². The summed E-state index contributed by atoms with van der Waals surface area (Å²) in [5.41, 5.74) is 3.57.